The summed E-state index contributed by atoms with van der Waals surface area (Å²) in [5.41, 5.74) is 2.54. The maximum Gasteiger partial charge on any atom is 0.0426 e. The van der Waals surface area contributed by atoms with Gasteiger partial charge < -0.3 is 10.2 Å². The molecule has 4 rings (SSSR count). The van der Waals surface area contributed by atoms with Crippen LogP contribution >= 0.6 is 11.6 Å². The number of nitrogens with zero attached hydrogens (tertiary/aromatic N) is 4. The van der Waals surface area contributed by atoms with E-state index >= 15 is 0 Å². The molecular weight excluding hydrogens is 382 g/mol. The molecule has 2 unspecified atom stereocenters. The maximum absolute atomic E-state index is 6.22. The van der Waals surface area contributed by atoms with Crippen molar-refractivity contribution in [2.75, 3.05) is 50.7 Å². The Morgan fingerprint density at radius 2 is 2.00 bits per heavy atom. The van der Waals surface area contributed by atoms with Gasteiger partial charge in [0, 0.05) is 87.5 Å². The van der Waals surface area contributed by atoms with Crippen molar-refractivity contribution < 1.29 is 0 Å². The van der Waals surface area contributed by atoms with Crippen LogP contribution in [0.15, 0.2) is 48.8 Å². The van der Waals surface area contributed by atoms with Gasteiger partial charge in [0.25, 0.3) is 0 Å². The molecule has 1 aromatic heterocycles. The molecule has 1 aromatic carbocycles. The summed E-state index contributed by atoms with van der Waals surface area (Å²) in [6.45, 7) is 10.9. The molecule has 2 aliphatic rings. The highest BCUT2D eigenvalue weighted by molar-refractivity contribution is 6.30. The van der Waals surface area contributed by atoms with E-state index in [0.29, 0.717) is 12.1 Å². The van der Waals surface area contributed by atoms with Crippen molar-refractivity contribution in [3.63, 3.8) is 0 Å². The number of rotatable bonds is 6. The second-order valence-corrected chi connectivity index (χ2v) is 8.57. The van der Waals surface area contributed by atoms with Gasteiger partial charge in [0.15, 0.2) is 0 Å². The van der Waals surface area contributed by atoms with Crippen LogP contribution in [-0.4, -0.2) is 72.7 Å². The maximum atomic E-state index is 6.22. The average molecular weight is 414 g/mol. The van der Waals surface area contributed by atoms with E-state index in [9.17, 15) is 0 Å². The predicted molar refractivity (Wildman–Crippen MR) is 121 cm³/mol. The van der Waals surface area contributed by atoms with Crippen molar-refractivity contribution in [3.8, 4) is 0 Å². The highest BCUT2D eigenvalue weighted by Crippen LogP contribution is 2.23. The minimum absolute atomic E-state index is 0.484. The lowest BCUT2D eigenvalue weighted by Crippen LogP contribution is -2.62. The molecule has 0 radical (unpaired) electrons. The van der Waals surface area contributed by atoms with Gasteiger partial charge in [-0.25, -0.2) is 0 Å². The molecule has 2 aliphatic heterocycles. The number of piperazine rings is 2. The van der Waals surface area contributed by atoms with Gasteiger partial charge in [-0.15, -0.1) is 0 Å². The lowest BCUT2D eigenvalue weighted by Gasteiger charge is -2.45. The normalized spacial score (nSPS) is 22.6. The van der Waals surface area contributed by atoms with Crippen molar-refractivity contribution in [1.82, 2.24) is 20.1 Å². The minimum Gasteiger partial charge on any atom is -0.369 e. The molecule has 0 amide bonds. The fourth-order valence-electron chi connectivity index (χ4n) is 4.74. The van der Waals surface area contributed by atoms with E-state index < -0.39 is 0 Å². The molecule has 156 valence electrons. The molecule has 5 nitrogen and oxygen atoms in total. The van der Waals surface area contributed by atoms with Crippen LogP contribution in [0, 0.1) is 0 Å². The van der Waals surface area contributed by atoms with E-state index in [2.05, 4.69) is 50.1 Å². The number of anilines is 1. The molecule has 2 atom stereocenters. The number of hydrogen-bond donors (Lipinski definition) is 1. The molecule has 0 spiro atoms. The Kier molecular flexibility index (Phi) is 7.03. The number of hydrogen-bond acceptors (Lipinski definition) is 5. The molecule has 2 fully saturated rings. The van der Waals surface area contributed by atoms with E-state index in [4.69, 9.17) is 11.6 Å². The first-order valence-corrected chi connectivity index (χ1v) is 11.2. The Morgan fingerprint density at radius 3 is 2.72 bits per heavy atom. The fraction of sp³-hybridized carbons (Fsp3) is 0.522. The summed E-state index contributed by atoms with van der Waals surface area (Å²) in [6.07, 6.45) is 5.00. The molecule has 6 heteroatoms. The molecule has 2 aromatic rings. The largest absolute Gasteiger partial charge is 0.369 e. The second-order valence-electron chi connectivity index (χ2n) is 8.14. The Balaban J connectivity index is 1.34. The minimum atomic E-state index is 0.484. The van der Waals surface area contributed by atoms with Gasteiger partial charge in [-0.3, -0.25) is 14.8 Å². The first-order chi connectivity index (χ1) is 14.2. The number of nitrogens with one attached hydrogen (secondary N) is 1. The summed E-state index contributed by atoms with van der Waals surface area (Å²) in [5.74, 6) is 0. The standard InChI is InChI=1S/C23H32ClN5/c1-2-23(22-18-29(10-9-26-22)21-7-3-6-20(24)15-21)28-13-11-27(12-14-28)17-19-5-4-8-25-16-19/h3-8,15-16,22-23,26H,2,9-14,17-18H2,1H3. The van der Waals surface area contributed by atoms with Crippen LogP contribution in [-0.2, 0) is 6.54 Å². The van der Waals surface area contributed by atoms with Gasteiger partial charge in [0.05, 0.1) is 0 Å². The summed E-state index contributed by atoms with van der Waals surface area (Å²) < 4.78 is 0. The molecule has 0 saturated carbocycles. The van der Waals surface area contributed by atoms with E-state index in [1.807, 2.05) is 30.6 Å². The van der Waals surface area contributed by atoms with Crippen molar-refractivity contribution in [2.45, 2.75) is 32.0 Å². The molecular formula is C23H32ClN5. The smallest absolute Gasteiger partial charge is 0.0426 e. The average Bonchev–Trinajstić information content (AvgIpc) is 2.76. The molecule has 1 N–H and O–H groups in total. The first kappa shape index (κ1) is 20.6. The number of benzene rings is 1. The molecule has 2 saturated heterocycles. The van der Waals surface area contributed by atoms with E-state index in [1.165, 1.54) is 17.7 Å². The molecule has 3 heterocycles. The highest BCUT2D eigenvalue weighted by atomic mass is 35.5. The zero-order valence-electron chi connectivity index (χ0n) is 17.3. The SMILES string of the molecule is CCC(C1CN(c2cccc(Cl)c2)CCN1)N1CCN(Cc2cccnc2)CC1. The highest BCUT2D eigenvalue weighted by Gasteiger charge is 2.32. The van der Waals surface area contributed by atoms with Crippen molar-refractivity contribution in [3.05, 3.63) is 59.4 Å². The van der Waals surface area contributed by atoms with Crippen LogP contribution < -0.4 is 10.2 Å². The topological polar surface area (TPSA) is 34.6 Å². The summed E-state index contributed by atoms with van der Waals surface area (Å²) in [7, 11) is 0. The number of aromatic nitrogens is 1. The monoisotopic (exact) mass is 413 g/mol. The third kappa shape index (κ3) is 5.28. The predicted octanol–water partition coefficient (Wildman–Crippen LogP) is 3.11. The number of halogens is 1. The Morgan fingerprint density at radius 1 is 1.14 bits per heavy atom. The van der Waals surface area contributed by atoms with Crippen molar-refractivity contribution in [1.29, 1.82) is 0 Å². The first-order valence-electron chi connectivity index (χ1n) is 10.8. The van der Waals surface area contributed by atoms with E-state index in [1.54, 1.807) is 0 Å². The van der Waals surface area contributed by atoms with Crippen molar-refractivity contribution in [2.24, 2.45) is 0 Å². The van der Waals surface area contributed by atoms with Crippen LogP contribution in [0.4, 0.5) is 5.69 Å². The lowest BCUT2D eigenvalue weighted by molar-refractivity contribution is 0.0716. The van der Waals surface area contributed by atoms with Crippen LogP contribution in [0.25, 0.3) is 0 Å². The number of pyridine rings is 1. The molecule has 0 aliphatic carbocycles. The van der Waals surface area contributed by atoms with E-state index in [0.717, 1.165) is 57.4 Å². The molecule has 29 heavy (non-hydrogen) atoms. The van der Waals surface area contributed by atoms with Gasteiger partial charge in [-0.1, -0.05) is 30.7 Å². The third-order valence-corrected chi connectivity index (χ3v) is 6.50. The van der Waals surface area contributed by atoms with Crippen LogP contribution in [0.1, 0.15) is 18.9 Å². The van der Waals surface area contributed by atoms with Gasteiger partial charge in [0.2, 0.25) is 0 Å². The quantitative estimate of drug-likeness (QED) is 0.787. The zero-order valence-corrected chi connectivity index (χ0v) is 18.1. The van der Waals surface area contributed by atoms with Crippen molar-refractivity contribution >= 4 is 17.3 Å². The molecule has 0 bridgehead atoms. The van der Waals surface area contributed by atoms with Gasteiger partial charge in [0.1, 0.15) is 0 Å². The zero-order chi connectivity index (χ0) is 20.1. The summed E-state index contributed by atoms with van der Waals surface area (Å²) in [4.78, 5) is 12.0. The Labute approximate surface area is 179 Å². The van der Waals surface area contributed by atoms with Gasteiger partial charge in [-0.05, 0) is 36.2 Å². The summed E-state index contributed by atoms with van der Waals surface area (Å²) in [6, 6.07) is 13.5. The van der Waals surface area contributed by atoms with Crippen LogP contribution in [0.3, 0.4) is 0 Å². The van der Waals surface area contributed by atoms with Crippen LogP contribution in [0.2, 0.25) is 5.02 Å². The Bertz CT molecular complexity index is 763. The van der Waals surface area contributed by atoms with Gasteiger partial charge in [-0.2, -0.15) is 0 Å². The summed E-state index contributed by atoms with van der Waals surface area (Å²) >= 11 is 6.22. The van der Waals surface area contributed by atoms with Crippen LogP contribution in [0.5, 0.6) is 0 Å². The second kappa shape index (κ2) is 9.90. The van der Waals surface area contributed by atoms with E-state index in [-0.39, 0.29) is 0 Å². The summed E-state index contributed by atoms with van der Waals surface area (Å²) in [5, 5.41) is 4.61. The third-order valence-electron chi connectivity index (χ3n) is 6.27. The Hall–Kier alpha value is -1.66. The van der Waals surface area contributed by atoms with Gasteiger partial charge >= 0.3 is 0 Å². The lowest BCUT2D eigenvalue weighted by atomic mass is 9.99. The fourth-order valence-corrected chi connectivity index (χ4v) is 4.93.